The molecule has 0 fully saturated rings. The number of nitrogens with zero attached hydrogens (tertiary/aromatic N) is 1. The molecule has 3 rings (SSSR count). The standard InChI is InChI=1S/C16H18N2O2/c1-18-13(10-15-4-2-8-19-15)6-7-14(18)11-17-12-16-5-3-9-20-16/h2-9,17H,10-12H2,1H3. The number of rotatable bonds is 6. The van der Waals surface area contributed by atoms with Gasteiger partial charge in [-0.15, -0.1) is 0 Å². The molecule has 1 N–H and O–H groups in total. The number of hydrogen-bond donors (Lipinski definition) is 1. The molecule has 104 valence electrons. The minimum atomic E-state index is 0.742. The van der Waals surface area contributed by atoms with Gasteiger partial charge in [0.05, 0.1) is 19.1 Å². The lowest BCUT2D eigenvalue weighted by atomic mass is 10.2. The van der Waals surface area contributed by atoms with Gasteiger partial charge in [-0.3, -0.25) is 0 Å². The zero-order valence-electron chi connectivity index (χ0n) is 11.5. The van der Waals surface area contributed by atoms with E-state index in [0.29, 0.717) is 0 Å². The topological polar surface area (TPSA) is 43.2 Å². The highest BCUT2D eigenvalue weighted by Crippen LogP contribution is 2.13. The van der Waals surface area contributed by atoms with Crippen LogP contribution in [0, 0.1) is 0 Å². The van der Waals surface area contributed by atoms with Gasteiger partial charge in [-0.2, -0.15) is 0 Å². The lowest BCUT2D eigenvalue weighted by Gasteiger charge is -2.07. The van der Waals surface area contributed by atoms with E-state index in [-0.39, 0.29) is 0 Å². The molecule has 20 heavy (non-hydrogen) atoms. The fraction of sp³-hybridized carbons (Fsp3) is 0.250. The van der Waals surface area contributed by atoms with Crippen molar-refractivity contribution < 1.29 is 8.83 Å². The first-order valence-electron chi connectivity index (χ1n) is 6.72. The Hall–Kier alpha value is -2.20. The van der Waals surface area contributed by atoms with Crippen molar-refractivity contribution in [2.24, 2.45) is 7.05 Å². The lowest BCUT2D eigenvalue weighted by molar-refractivity contribution is 0.479. The summed E-state index contributed by atoms with van der Waals surface area (Å²) in [6.07, 6.45) is 4.23. The Morgan fingerprint density at radius 1 is 0.900 bits per heavy atom. The summed E-state index contributed by atoms with van der Waals surface area (Å²) < 4.78 is 12.9. The summed E-state index contributed by atoms with van der Waals surface area (Å²) in [6.45, 7) is 1.56. The van der Waals surface area contributed by atoms with Crippen LogP contribution in [0.15, 0.2) is 57.8 Å². The maximum atomic E-state index is 5.39. The van der Waals surface area contributed by atoms with Crippen LogP contribution >= 0.6 is 0 Å². The summed E-state index contributed by atoms with van der Waals surface area (Å²) in [5, 5.41) is 3.38. The van der Waals surface area contributed by atoms with Gasteiger partial charge >= 0.3 is 0 Å². The van der Waals surface area contributed by atoms with E-state index in [4.69, 9.17) is 8.83 Å². The molecule has 0 saturated heterocycles. The molecule has 0 aliphatic carbocycles. The zero-order valence-corrected chi connectivity index (χ0v) is 11.5. The molecule has 4 nitrogen and oxygen atoms in total. The molecule has 0 atom stereocenters. The molecule has 3 aromatic heterocycles. The van der Waals surface area contributed by atoms with Crippen molar-refractivity contribution in [3.63, 3.8) is 0 Å². The Balaban J connectivity index is 1.58. The molecule has 0 bridgehead atoms. The van der Waals surface area contributed by atoms with E-state index < -0.39 is 0 Å². The highest BCUT2D eigenvalue weighted by atomic mass is 16.3. The third-order valence-electron chi connectivity index (χ3n) is 3.45. The fourth-order valence-electron chi connectivity index (χ4n) is 2.27. The predicted molar refractivity (Wildman–Crippen MR) is 76.2 cm³/mol. The van der Waals surface area contributed by atoms with E-state index >= 15 is 0 Å². The van der Waals surface area contributed by atoms with Crippen molar-refractivity contribution >= 4 is 0 Å². The molecular formula is C16H18N2O2. The summed E-state index contributed by atoms with van der Waals surface area (Å²) in [5.41, 5.74) is 2.49. The largest absolute Gasteiger partial charge is 0.469 e. The minimum Gasteiger partial charge on any atom is -0.469 e. The molecule has 3 heterocycles. The molecular weight excluding hydrogens is 252 g/mol. The van der Waals surface area contributed by atoms with Gasteiger partial charge in [0.2, 0.25) is 0 Å². The van der Waals surface area contributed by atoms with Crippen molar-refractivity contribution in [1.82, 2.24) is 9.88 Å². The SMILES string of the molecule is Cn1c(CNCc2ccco2)ccc1Cc1ccco1. The Morgan fingerprint density at radius 3 is 2.30 bits per heavy atom. The Bertz CT molecular complexity index is 636. The van der Waals surface area contributed by atoms with Crippen LogP contribution in [-0.4, -0.2) is 4.57 Å². The Kier molecular flexibility index (Phi) is 3.74. The second kappa shape index (κ2) is 5.84. The summed E-state index contributed by atoms with van der Waals surface area (Å²) >= 11 is 0. The molecule has 0 aromatic carbocycles. The van der Waals surface area contributed by atoms with E-state index in [9.17, 15) is 0 Å². The summed E-state index contributed by atoms with van der Waals surface area (Å²) in [6, 6.07) is 12.1. The maximum Gasteiger partial charge on any atom is 0.117 e. The van der Waals surface area contributed by atoms with Gasteiger partial charge < -0.3 is 18.7 Å². The third-order valence-corrected chi connectivity index (χ3v) is 3.45. The van der Waals surface area contributed by atoms with E-state index in [2.05, 4.69) is 29.1 Å². The average Bonchev–Trinajstić information content (AvgIpc) is 3.17. The molecule has 0 saturated carbocycles. The van der Waals surface area contributed by atoms with Crippen LogP contribution in [0.5, 0.6) is 0 Å². The molecule has 3 aromatic rings. The van der Waals surface area contributed by atoms with Crippen LogP contribution in [0.2, 0.25) is 0 Å². The van der Waals surface area contributed by atoms with Gasteiger partial charge in [-0.1, -0.05) is 0 Å². The van der Waals surface area contributed by atoms with Crippen molar-refractivity contribution in [2.45, 2.75) is 19.5 Å². The highest BCUT2D eigenvalue weighted by molar-refractivity contribution is 5.20. The van der Waals surface area contributed by atoms with Crippen LogP contribution in [0.4, 0.5) is 0 Å². The van der Waals surface area contributed by atoms with Crippen molar-refractivity contribution in [3.8, 4) is 0 Å². The Morgan fingerprint density at radius 2 is 1.60 bits per heavy atom. The quantitative estimate of drug-likeness (QED) is 0.748. The molecule has 0 unspecified atom stereocenters. The van der Waals surface area contributed by atoms with Crippen molar-refractivity contribution in [3.05, 3.63) is 71.8 Å². The van der Waals surface area contributed by atoms with Crippen LogP contribution in [0.1, 0.15) is 22.9 Å². The van der Waals surface area contributed by atoms with Crippen LogP contribution in [0.3, 0.4) is 0 Å². The van der Waals surface area contributed by atoms with Gasteiger partial charge in [0, 0.05) is 31.4 Å². The lowest BCUT2D eigenvalue weighted by Crippen LogP contribution is -2.15. The second-order valence-electron chi connectivity index (χ2n) is 4.81. The summed E-state index contributed by atoms with van der Waals surface area (Å²) in [7, 11) is 2.09. The first-order chi connectivity index (χ1) is 9.83. The summed E-state index contributed by atoms with van der Waals surface area (Å²) in [5.74, 6) is 1.94. The van der Waals surface area contributed by atoms with Gasteiger partial charge in [0.15, 0.2) is 0 Å². The van der Waals surface area contributed by atoms with E-state index in [1.807, 2.05) is 24.3 Å². The van der Waals surface area contributed by atoms with Crippen LogP contribution in [0.25, 0.3) is 0 Å². The molecule has 0 spiro atoms. The normalized spacial score (nSPS) is 11.1. The average molecular weight is 270 g/mol. The van der Waals surface area contributed by atoms with E-state index in [0.717, 1.165) is 31.0 Å². The van der Waals surface area contributed by atoms with Crippen LogP contribution < -0.4 is 5.32 Å². The number of hydrogen-bond acceptors (Lipinski definition) is 3. The molecule has 4 heteroatoms. The highest BCUT2D eigenvalue weighted by Gasteiger charge is 2.07. The fourth-order valence-corrected chi connectivity index (χ4v) is 2.27. The first-order valence-corrected chi connectivity index (χ1v) is 6.72. The number of nitrogens with one attached hydrogen (secondary N) is 1. The molecule has 0 amide bonds. The van der Waals surface area contributed by atoms with Crippen molar-refractivity contribution in [2.75, 3.05) is 0 Å². The zero-order chi connectivity index (χ0) is 13.8. The monoisotopic (exact) mass is 270 g/mol. The third kappa shape index (κ3) is 2.86. The van der Waals surface area contributed by atoms with Crippen molar-refractivity contribution in [1.29, 1.82) is 0 Å². The maximum absolute atomic E-state index is 5.39. The smallest absolute Gasteiger partial charge is 0.117 e. The molecule has 0 aliphatic heterocycles. The van der Waals surface area contributed by atoms with Gasteiger partial charge in [-0.25, -0.2) is 0 Å². The van der Waals surface area contributed by atoms with E-state index in [1.54, 1.807) is 12.5 Å². The van der Waals surface area contributed by atoms with Gasteiger partial charge in [0.1, 0.15) is 11.5 Å². The second-order valence-corrected chi connectivity index (χ2v) is 4.81. The first kappa shape index (κ1) is 12.8. The predicted octanol–water partition coefficient (Wildman–Crippen LogP) is 3.09. The number of aromatic nitrogens is 1. The number of furan rings is 2. The van der Waals surface area contributed by atoms with Crippen LogP contribution in [-0.2, 0) is 26.6 Å². The van der Waals surface area contributed by atoms with Gasteiger partial charge in [0.25, 0.3) is 0 Å². The summed E-state index contributed by atoms with van der Waals surface area (Å²) in [4.78, 5) is 0. The molecule has 0 aliphatic rings. The minimum absolute atomic E-state index is 0.742. The van der Waals surface area contributed by atoms with E-state index in [1.165, 1.54) is 11.4 Å². The Labute approximate surface area is 118 Å². The van der Waals surface area contributed by atoms with Gasteiger partial charge in [-0.05, 0) is 36.4 Å². The molecule has 0 radical (unpaired) electrons.